The molecular formula is C14H19NO2S. The number of hydrogen-bond donors (Lipinski definition) is 2. The van der Waals surface area contributed by atoms with Gasteiger partial charge in [0.05, 0.1) is 4.75 Å². The van der Waals surface area contributed by atoms with Crippen LogP contribution in [0.1, 0.15) is 32.3 Å². The van der Waals surface area contributed by atoms with Crippen molar-refractivity contribution in [3.63, 3.8) is 0 Å². The molecule has 0 aromatic heterocycles. The number of carbonyl (C=O) groups excluding carboxylic acids is 1. The molecule has 1 aliphatic rings. The van der Waals surface area contributed by atoms with Crippen LogP contribution >= 0.6 is 11.8 Å². The fourth-order valence-corrected chi connectivity index (χ4v) is 3.60. The second-order valence-electron chi connectivity index (χ2n) is 4.67. The molecule has 0 aliphatic carbocycles. The maximum absolute atomic E-state index is 12.3. The van der Waals surface area contributed by atoms with E-state index < -0.39 is 5.72 Å². The fourth-order valence-electron chi connectivity index (χ4n) is 2.29. The molecule has 0 spiro atoms. The number of thioether (sulfide) groups is 1. The third-order valence-corrected chi connectivity index (χ3v) is 5.56. The van der Waals surface area contributed by atoms with E-state index in [4.69, 9.17) is 0 Å². The van der Waals surface area contributed by atoms with Gasteiger partial charge in [-0.05, 0) is 12.8 Å². The van der Waals surface area contributed by atoms with Crippen molar-refractivity contribution < 1.29 is 9.90 Å². The van der Waals surface area contributed by atoms with E-state index in [1.165, 1.54) is 0 Å². The average Bonchev–Trinajstić information content (AvgIpc) is 2.41. The molecule has 3 nitrogen and oxygen atoms in total. The van der Waals surface area contributed by atoms with Gasteiger partial charge in [0.15, 0.2) is 5.72 Å². The van der Waals surface area contributed by atoms with E-state index in [0.29, 0.717) is 5.75 Å². The maximum atomic E-state index is 12.3. The summed E-state index contributed by atoms with van der Waals surface area (Å²) in [4.78, 5) is 12.3. The lowest BCUT2D eigenvalue weighted by molar-refractivity contribution is -0.132. The molecule has 1 saturated heterocycles. The predicted octanol–water partition coefficient (Wildman–Crippen LogP) is 2.25. The highest BCUT2D eigenvalue weighted by Crippen LogP contribution is 2.41. The molecule has 0 unspecified atom stereocenters. The number of carbonyl (C=O) groups is 1. The predicted molar refractivity (Wildman–Crippen MR) is 74.3 cm³/mol. The molecule has 18 heavy (non-hydrogen) atoms. The Morgan fingerprint density at radius 3 is 2.39 bits per heavy atom. The Balaban J connectivity index is 2.25. The van der Waals surface area contributed by atoms with Crippen molar-refractivity contribution >= 4 is 17.7 Å². The largest absolute Gasteiger partial charge is 0.366 e. The number of benzene rings is 1. The van der Waals surface area contributed by atoms with E-state index >= 15 is 0 Å². The topological polar surface area (TPSA) is 49.3 Å². The van der Waals surface area contributed by atoms with Gasteiger partial charge in [-0.15, -0.1) is 11.8 Å². The van der Waals surface area contributed by atoms with E-state index in [2.05, 4.69) is 5.32 Å². The molecule has 1 atom stereocenters. The van der Waals surface area contributed by atoms with Crippen molar-refractivity contribution in [1.82, 2.24) is 5.32 Å². The quantitative estimate of drug-likeness (QED) is 0.881. The van der Waals surface area contributed by atoms with Gasteiger partial charge in [-0.3, -0.25) is 4.79 Å². The summed E-state index contributed by atoms with van der Waals surface area (Å²) in [5.74, 6) is 0.430. The molecule has 0 saturated carbocycles. The third kappa shape index (κ3) is 2.15. The van der Waals surface area contributed by atoms with Crippen LogP contribution in [0.5, 0.6) is 0 Å². The molecule has 0 radical (unpaired) electrons. The van der Waals surface area contributed by atoms with E-state index in [1.54, 1.807) is 11.8 Å². The van der Waals surface area contributed by atoms with E-state index in [-0.39, 0.29) is 10.7 Å². The smallest absolute Gasteiger partial charge is 0.238 e. The van der Waals surface area contributed by atoms with Crippen molar-refractivity contribution in [3.8, 4) is 0 Å². The van der Waals surface area contributed by atoms with Gasteiger partial charge in [-0.2, -0.15) is 0 Å². The van der Waals surface area contributed by atoms with Gasteiger partial charge < -0.3 is 10.4 Å². The van der Waals surface area contributed by atoms with E-state index in [1.807, 2.05) is 44.2 Å². The molecule has 1 heterocycles. The highest BCUT2D eigenvalue weighted by molar-refractivity contribution is 8.01. The molecule has 4 heteroatoms. The summed E-state index contributed by atoms with van der Waals surface area (Å²) in [6.07, 6.45) is 1.57. The second kappa shape index (κ2) is 4.94. The van der Waals surface area contributed by atoms with Crippen molar-refractivity contribution in [1.29, 1.82) is 0 Å². The SMILES string of the molecule is CCC1(CC)SC[C@](O)(c2ccccc2)NC1=O. The normalized spacial score (nSPS) is 26.7. The van der Waals surface area contributed by atoms with E-state index in [0.717, 1.165) is 18.4 Å². The molecule has 1 aromatic carbocycles. The van der Waals surface area contributed by atoms with Gasteiger partial charge in [0.2, 0.25) is 5.91 Å². The zero-order valence-electron chi connectivity index (χ0n) is 10.8. The lowest BCUT2D eigenvalue weighted by atomic mass is 9.97. The molecule has 1 fully saturated rings. The number of nitrogens with one attached hydrogen (secondary N) is 1. The minimum absolute atomic E-state index is 0.0601. The van der Waals surface area contributed by atoms with Gasteiger partial charge in [-0.25, -0.2) is 0 Å². The molecule has 1 aromatic rings. The summed E-state index contributed by atoms with van der Waals surface area (Å²) >= 11 is 1.56. The highest BCUT2D eigenvalue weighted by Gasteiger charge is 2.47. The number of rotatable bonds is 3. The van der Waals surface area contributed by atoms with E-state index in [9.17, 15) is 9.90 Å². The Morgan fingerprint density at radius 1 is 1.28 bits per heavy atom. The van der Waals surface area contributed by atoms with Crippen LogP contribution in [0, 0.1) is 0 Å². The first-order chi connectivity index (χ1) is 8.56. The minimum atomic E-state index is -1.24. The summed E-state index contributed by atoms with van der Waals surface area (Å²) in [5, 5.41) is 13.4. The summed E-state index contributed by atoms with van der Waals surface area (Å²) in [5.41, 5.74) is -0.497. The highest BCUT2D eigenvalue weighted by atomic mass is 32.2. The van der Waals surface area contributed by atoms with Crippen LogP contribution < -0.4 is 5.32 Å². The van der Waals surface area contributed by atoms with Crippen LogP contribution in [-0.2, 0) is 10.5 Å². The van der Waals surface area contributed by atoms with Crippen LogP contribution in [0.15, 0.2) is 30.3 Å². The van der Waals surface area contributed by atoms with Crippen molar-refractivity contribution in [2.75, 3.05) is 5.75 Å². The summed E-state index contributed by atoms with van der Waals surface area (Å²) in [6.45, 7) is 4.03. The van der Waals surface area contributed by atoms with Gasteiger partial charge in [0.1, 0.15) is 0 Å². The standard InChI is InChI=1S/C14H19NO2S/c1-3-13(4-2)12(16)15-14(17,10-18-13)11-8-6-5-7-9-11/h5-9,17H,3-4,10H2,1-2H3,(H,15,16)/t14-/m0/s1. The first-order valence-electron chi connectivity index (χ1n) is 6.31. The molecule has 2 rings (SSSR count). The first kappa shape index (κ1) is 13.4. The van der Waals surface area contributed by atoms with Gasteiger partial charge in [0.25, 0.3) is 0 Å². The van der Waals surface area contributed by atoms with Crippen molar-refractivity contribution in [2.45, 2.75) is 37.2 Å². The maximum Gasteiger partial charge on any atom is 0.238 e. The van der Waals surface area contributed by atoms with Crippen molar-refractivity contribution in [2.24, 2.45) is 0 Å². The Morgan fingerprint density at radius 2 is 1.89 bits per heavy atom. The Bertz CT molecular complexity index is 431. The average molecular weight is 265 g/mol. The fraction of sp³-hybridized carbons (Fsp3) is 0.500. The van der Waals surface area contributed by atoms with Gasteiger partial charge in [-0.1, -0.05) is 44.2 Å². The van der Waals surface area contributed by atoms with Gasteiger partial charge in [0, 0.05) is 11.3 Å². The van der Waals surface area contributed by atoms with Crippen LogP contribution in [0.4, 0.5) is 0 Å². The number of hydrogen-bond acceptors (Lipinski definition) is 3. The zero-order chi connectivity index (χ0) is 13.2. The Labute approximate surface area is 112 Å². The van der Waals surface area contributed by atoms with Crippen LogP contribution in [0.2, 0.25) is 0 Å². The monoisotopic (exact) mass is 265 g/mol. The Hall–Kier alpha value is -1.00. The lowest BCUT2D eigenvalue weighted by Gasteiger charge is -2.42. The van der Waals surface area contributed by atoms with Gasteiger partial charge >= 0.3 is 0 Å². The van der Waals surface area contributed by atoms with Crippen LogP contribution in [0.25, 0.3) is 0 Å². The number of amides is 1. The zero-order valence-corrected chi connectivity index (χ0v) is 11.6. The van der Waals surface area contributed by atoms with Crippen LogP contribution in [0.3, 0.4) is 0 Å². The summed E-state index contributed by atoms with van der Waals surface area (Å²) in [6, 6.07) is 9.31. The second-order valence-corrected chi connectivity index (χ2v) is 6.03. The van der Waals surface area contributed by atoms with Crippen LogP contribution in [-0.4, -0.2) is 21.5 Å². The molecular weight excluding hydrogens is 246 g/mol. The summed E-state index contributed by atoms with van der Waals surface area (Å²) < 4.78 is -0.388. The molecule has 1 aliphatic heterocycles. The minimum Gasteiger partial charge on any atom is -0.366 e. The molecule has 0 bridgehead atoms. The summed E-state index contributed by atoms with van der Waals surface area (Å²) in [7, 11) is 0. The number of aliphatic hydroxyl groups is 1. The first-order valence-corrected chi connectivity index (χ1v) is 7.29. The van der Waals surface area contributed by atoms with Crippen molar-refractivity contribution in [3.05, 3.63) is 35.9 Å². The third-order valence-electron chi connectivity index (χ3n) is 3.69. The Kier molecular flexibility index (Phi) is 3.69. The lowest BCUT2D eigenvalue weighted by Crippen LogP contribution is -2.59. The molecule has 98 valence electrons. The molecule has 1 amide bonds. The molecule has 2 N–H and O–H groups in total.